The van der Waals surface area contributed by atoms with Crippen molar-refractivity contribution in [1.29, 1.82) is 0 Å². The number of nitro groups is 1. The Hall–Kier alpha value is -1.86. The van der Waals surface area contributed by atoms with Gasteiger partial charge in [-0.3, -0.25) is 14.9 Å². The highest BCUT2D eigenvalue weighted by Crippen LogP contribution is 2.30. The molecule has 0 aromatic heterocycles. The van der Waals surface area contributed by atoms with E-state index in [9.17, 15) is 14.9 Å². The third-order valence-corrected chi connectivity index (χ3v) is 3.04. The van der Waals surface area contributed by atoms with Gasteiger partial charge in [-0.2, -0.15) is 0 Å². The molecule has 0 saturated heterocycles. The number of nitro benzene ring substituents is 1. The van der Waals surface area contributed by atoms with Gasteiger partial charge in [0.2, 0.25) is 5.91 Å². The lowest BCUT2D eigenvalue weighted by atomic mass is 9.95. The molecular weight excluding hydrogens is 286 g/mol. The maximum absolute atomic E-state index is 11.1. The Morgan fingerprint density at radius 3 is 2.70 bits per heavy atom. The number of non-ortho nitro benzene ring substituents is 1. The van der Waals surface area contributed by atoms with Crippen molar-refractivity contribution in [3.63, 3.8) is 0 Å². The number of carbonyl (C=O) groups excluding carboxylic acids is 1. The number of hydrogen-bond acceptors (Lipinski definition) is 5. The van der Waals surface area contributed by atoms with Crippen LogP contribution in [0.5, 0.6) is 5.75 Å². The summed E-state index contributed by atoms with van der Waals surface area (Å²) in [6, 6.07) is 3.87. The Bertz CT molecular complexity index is 533. The summed E-state index contributed by atoms with van der Waals surface area (Å²) in [5.74, 6) is -0.494. The van der Waals surface area contributed by atoms with Gasteiger partial charge in [0.25, 0.3) is 5.69 Å². The first-order valence-electron chi connectivity index (χ1n) is 5.83. The Balaban J connectivity index is 2.85. The quantitative estimate of drug-likeness (QED) is 0.610. The number of halogens is 1. The fraction of sp³-hybridized carbons (Fsp3) is 0.417. The van der Waals surface area contributed by atoms with Gasteiger partial charge in [-0.05, 0) is 19.9 Å². The molecule has 1 aromatic carbocycles. The van der Waals surface area contributed by atoms with Crippen LogP contribution < -0.4 is 16.2 Å². The van der Waals surface area contributed by atoms with E-state index < -0.39 is 22.5 Å². The van der Waals surface area contributed by atoms with Crippen molar-refractivity contribution in [3.05, 3.63) is 33.3 Å². The van der Waals surface area contributed by atoms with Gasteiger partial charge in [0.15, 0.2) is 0 Å². The number of nitrogens with zero attached hydrogens (tertiary/aromatic N) is 1. The van der Waals surface area contributed by atoms with Crippen molar-refractivity contribution in [1.82, 2.24) is 0 Å². The molecule has 2 unspecified atom stereocenters. The Morgan fingerprint density at radius 2 is 2.20 bits per heavy atom. The highest BCUT2D eigenvalue weighted by atomic mass is 35.5. The molecule has 0 saturated carbocycles. The number of carbonyl (C=O) groups is 1. The van der Waals surface area contributed by atoms with Crippen LogP contribution in [0.2, 0.25) is 5.02 Å². The summed E-state index contributed by atoms with van der Waals surface area (Å²) in [6.07, 6.45) is -0.335. The average Bonchev–Trinajstić information content (AvgIpc) is 2.30. The van der Waals surface area contributed by atoms with E-state index in [0.717, 1.165) is 0 Å². The van der Waals surface area contributed by atoms with Gasteiger partial charge >= 0.3 is 0 Å². The maximum Gasteiger partial charge on any atom is 0.273 e. The minimum Gasteiger partial charge on any atom is -0.489 e. The number of benzene rings is 1. The minimum atomic E-state index is -1.23. The summed E-state index contributed by atoms with van der Waals surface area (Å²) < 4.78 is 5.50. The zero-order valence-corrected chi connectivity index (χ0v) is 11.9. The number of ether oxygens (including phenoxy) is 1. The van der Waals surface area contributed by atoms with E-state index in [2.05, 4.69) is 0 Å². The summed E-state index contributed by atoms with van der Waals surface area (Å²) >= 11 is 5.91. The van der Waals surface area contributed by atoms with E-state index in [4.69, 9.17) is 27.8 Å². The van der Waals surface area contributed by atoms with Gasteiger partial charge in [0.05, 0.1) is 27.7 Å². The third-order valence-electron chi connectivity index (χ3n) is 2.73. The number of amides is 1. The number of hydrogen-bond donors (Lipinski definition) is 2. The van der Waals surface area contributed by atoms with Crippen molar-refractivity contribution in [2.75, 3.05) is 0 Å². The Kier molecular flexibility index (Phi) is 4.91. The molecule has 0 aliphatic rings. The van der Waals surface area contributed by atoms with Gasteiger partial charge in [0.1, 0.15) is 5.75 Å². The van der Waals surface area contributed by atoms with E-state index in [1.807, 2.05) is 0 Å². The fourth-order valence-electron chi connectivity index (χ4n) is 1.65. The van der Waals surface area contributed by atoms with Crippen molar-refractivity contribution in [2.24, 2.45) is 11.5 Å². The van der Waals surface area contributed by atoms with Crippen molar-refractivity contribution in [3.8, 4) is 5.75 Å². The van der Waals surface area contributed by atoms with Crippen molar-refractivity contribution < 1.29 is 14.5 Å². The summed E-state index contributed by atoms with van der Waals surface area (Å²) in [7, 11) is 0. The van der Waals surface area contributed by atoms with E-state index in [1.165, 1.54) is 25.1 Å². The summed E-state index contributed by atoms with van der Waals surface area (Å²) in [4.78, 5) is 21.3. The zero-order chi connectivity index (χ0) is 15.5. The van der Waals surface area contributed by atoms with Crippen LogP contribution in [0.25, 0.3) is 0 Å². The number of nitrogens with two attached hydrogens (primary N) is 2. The first-order valence-corrected chi connectivity index (χ1v) is 6.20. The largest absolute Gasteiger partial charge is 0.489 e. The predicted molar refractivity (Wildman–Crippen MR) is 74.6 cm³/mol. The molecule has 8 heteroatoms. The number of primary amides is 1. The molecule has 4 N–H and O–H groups in total. The molecular formula is C12H16ClN3O4. The summed E-state index contributed by atoms with van der Waals surface area (Å²) in [5.41, 5.74) is 9.54. The molecule has 110 valence electrons. The van der Waals surface area contributed by atoms with Crippen LogP contribution in [-0.2, 0) is 4.79 Å². The van der Waals surface area contributed by atoms with Crippen LogP contribution in [0.4, 0.5) is 5.69 Å². The molecule has 1 rings (SSSR count). The molecule has 0 spiro atoms. The van der Waals surface area contributed by atoms with Gasteiger partial charge in [-0.25, -0.2) is 0 Å². The van der Waals surface area contributed by atoms with Crippen LogP contribution in [0.3, 0.4) is 0 Å². The van der Waals surface area contributed by atoms with E-state index in [0.29, 0.717) is 0 Å². The molecule has 0 bridgehead atoms. The molecule has 0 fully saturated rings. The second-order valence-corrected chi connectivity index (χ2v) is 5.19. The van der Waals surface area contributed by atoms with Crippen LogP contribution in [0.1, 0.15) is 20.3 Å². The van der Waals surface area contributed by atoms with Gasteiger partial charge in [-0.1, -0.05) is 11.6 Å². The third kappa shape index (κ3) is 4.07. The molecule has 2 atom stereocenters. The van der Waals surface area contributed by atoms with E-state index >= 15 is 0 Å². The van der Waals surface area contributed by atoms with Crippen molar-refractivity contribution in [2.45, 2.75) is 31.9 Å². The van der Waals surface area contributed by atoms with Crippen LogP contribution in [0.15, 0.2) is 18.2 Å². The van der Waals surface area contributed by atoms with E-state index in [1.54, 1.807) is 6.92 Å². The molecule has 20 heavy (non-hydrogen) atoms. The molecule has 7 nitrogen and oxygen atoms in total. The topological polar surface area (TPSA) is 121 Å². The van der Waals surface area contributed by atoms with Gasteiger partial charge in [-0.15, -0.1) is 0 Å². The minimum absolute atomic E-state index is 0.137. The first-order chi connectivity index (χ1) is 9.13. The molecule has 0 aliphatic carbocycles. The summed E-state index contributed by atoms with van der Waals surface area (Å²) in [5, 5.41) is 10.9. The van der Waals surface area contributed by atoms with Crippen molar-refractivity contribution >= 4 is 23.2 Å². The Labute approximate surface area is 121 Å². The normalized spacial score (nSPS) is 15.2. The highest BCUT2D eigenvalue weighted by molar-refractivity contribution is 6.32. The molecule has 0 aliphatic heterocycles. The standard InChI is InChI=1S/C12H16ClN3O4/c1-7(6-12(2,15)11(14)17)20-10-5-8(16(18)19)3-4-9(10)13/h3-5,7H,6,15H2,1-2H3,(H2,14,17). The second kappa shape index (κ2) is 6.06. The van der Waals surface area contributed by atoms with Gasteiger partial charge < -0.3 is 16.2 Å². The SMILES string of the molecule is CC(CC(C)(N)C(N)=O)Oc1cc([N+](=O)[O-])ccc1Cl. The van der Waals surface area contributed by atoms with Crippen LogP contribution in [-0.4, -0.2) is 22.5 Å². The molecule has 1 amide bonds. The fourth-order valence-corrected chi connectivity index (χ4v) is 1.81. The average molecular weight is 302 g/mol. The molecule has 0 heterocycles. The summed E-state index contributed by atoms with van der Waals surface area (Å²) in [6.45, 7) is 3.16. The lowest BCUT2D eigenvalue weighted by molar-refractivity contribution is -0.384. The number of rotatable bonds is 6. The molecule has 1 aromatic rings. The van der Waals surface area contributed by atoms with Gasteiger partial charge in [0, 0.05) is 12.5 Å². The van der Waals surface area contributed by atoms with Crippen LogP contribution in [0, 0.1) is 10.1 Å². The Morgan fingerprint density at radius 1 is 1.60 bits per heavy atom. The maximum atomic E-state index is 11.1. The monoisotopic (exact) mass is 301 g/mol. The van der Waals surface area contributed by atoms with Crippen LogP contribution >= 0.6 is 11.6 Å². The highest BCUT2D eigenvalue weighted by Gasteiger charge is 2.29. The second-order valence-electron chi connectivity index (χ2n) is 4.79. The smallest absolute Gasteiger partial charge is 0.273 e. The zero-order valence-electron chi connectivity index (χ0n) is 11.1. The lowest BCUT2D eigenvalue weighted by Crippen LogP contribution is -2.51. The van der Waals surface area contributed by atoms with E-state index in [-0.39, 0.29) is 22.9 Å². The predicted octanol–water partition coefficient (Wildman–Crippen LogP) is 1.61. The first kappa shape index (κ1) is 16.2. The molecule has 0 radical (unpaired) electrons. The lowest BCUT2D eigenvalue weighted by Gasteiger charge is -2.25.